The van der Waals surface area contributed by atoms with E-state index in [2.05, 4.69) is 363 Å². The molecule has 150 heavy (non-hydrogen) atoms. The van der Waals surface area contributed by atoms with Gasteiger partial charge in [-0.1, -0.05) is 261 Å². The van der Waals surface area contributed by atoms with Crippen LogP contribution in [0.15, 0.2) is 492 Å². The van der Waals surface area contributed by atoms with Crippen LogP contribution in [-0.2, 0) is 0 Å². The van der Waals surface area contributed by atoms with E-state index < -0.39 is 0 Å². The van der Waals surface area contributed by atoms with Gasteiger partial charge in [0.15, 0.2) is 17.5 Å². The van der Waals surface area contributed by atoms with Crippen LogP contribution in [0.1, 0.15) is 0 Å². The van der Waals surface area contributed by atoms with E-state index in [1.807, 2.05) is 140 Å². The van der Waals surface area contributed by atoms with Crippen molar-refractivity contribution in [1.29, 1.82) is 0 Å². The Morgan fingerprint density at radius 1 is 0.167 bits per heavy atom. The van der Waals surface area contributed by atoms with Crippen molar-refractivity contribution in [3.05, 3.63) is 479 Å². The lowest BCUT2D eigenvalue weighted by Crippen LogP contribution is -2.06. The Morgan fingerprint density at radius 3 is 0.687 bits per heavy atom. The summed E-state index contributed by atoms with van der Waals surface area (Å²) in [6, 6.07) is 166. The first-order chi connectivity index (χ1) is 74.3. The lowest BCUT2D eigenvalue weighted by molar-refractivity contribution is 0.415. The van der Waals surface area contributed by atoms with Crippen LogP contribution < -0.4 is 9.47 Å². The predicted octanol–water partition coefficient (Wildman–Crippen LogP) is 34.3. The molecular weight excluding hydrogens is 1840 g/mol. The number of rotatable bonds is 14. The second kappa shape index (κ2) is 35.3. The molecule has 0 radical (unpaired) electrons. The maximum Gasteiger partial charge on any atom is 0.163 e. The summed E-state index contributed by atoms with van der Waals surface area (Å²) in [5.74, 6) is 5.20. The maximum absolute atomic E-state index is 6.35. The largest absolute Gasteiger partial charge is 0.497 e. The van der Waals surface area contributed by atoms with Gasteiger partial charge in [-0.25, -0.2) is 29.9 Å². The number of nitrogens with zero attached hydrogens (tertiary/aromatic N) is 11. The normalized spacial score (nSPS) is 11.8. The van der Waals surface area contributed by atoms with Crippen molar-refractivity contribution < 1.29 is 22.7 Å². The smallest absolute Gasteiger partial charge is 0.163 e. The van der Waals surface area contributed by atoms with Crippen LogP contribution in [0.5, 0.6) is 11.5 Å². The van der Waals surface area contributed by atoms with E-state index in [0.717, 1.165) is 250 Å². The molecule has 0 N–H and O–H groups in total. The van der Waals surface area contributed by atoms with Crippen molar-refractivity contribution in [1.82, 2.24) is 52.7 Å². The van der Waals surface area contributed by atoms with Gasteiger partial charge in [0.25, 0.3) is 0 Å². The molecule has 11 heterocycles. The summed E-state index contributed by atoms with van der Waals surface area (Å²) in [4.78, 5) is 31.3. The Morgan fingerprint density at radius 2 is 0.393 bits per heavy atom. The number of hydrogen-bond acceptors (Lipinski definition) is 11. The molecule has 16 heteroatoms. The van der Waals surface area contributed by atoms with E-state index in [9.17, 15) is 0 Å². The summed E-state index contributed by atoms with van der Waals surface area (Å²) in [5.41, 5.74) is 30.0. The Kier molecular flexibility index (Phi) is 20.3. The molecule has 0 aliphatic carbocycles. The van der Waals surface area contributed by atoms with Gasteiger partial charge in [-0.05, 0) is 212 Å². The van der Waals surface area contributed by atoms with Crippen molar-refractivity contribution in [3.63, 3.8) is 0 Å². The summed E-state index contributed by atoms with van der Waals surface area (Å²) in [6.07, 6.45) is 0. The zero-order valence-electron chi connectivity index (χ0n) is 81.1. The third-order valence-corrected chi connectivity index (χ3v) is 29.3. The number of fused-ring (bicyclic) bond motifs is 24. The molecule has 11 aromatic heterocycles. The molecule has 0 aliphatic rings. The van der Waals surface area contributed by atoms with Crippen LogP contribution in [0.2, 0.25) is 0 Å². The number of para-hydroxylation sites is 10. The standard InChI is InChI=1S/C52H31N5O.C42H29N3O3.C40H25N3O/c1-8-21-41-33(14-1)34-15-2-9-22-42(34)56(41)49-31-50(57-43-23-10-3-16-35(43)36-17-4-11-24-44(36)57)54-52(53-49)32-28-29-45-39(30-32)37-18-5-7-20-40(37)55(45)46-25-13-27-48-51(46)38-19-6-12-26-47(38)58-48;1-46-29-19-14-26(15-20-29)34-25-35(27-16-21-30(47-2)22-17-27)44-42(43-34)28-18-23-37-33(24-28)31-8-3-5-10-36(31)45(37)38-11-7-13-40-41(38)32-9-4-6-12-39(32)48-40;1-3-12-26(13-4-1)32-25-33(27-14-5-2-6-15-27)42-40(41-32)28-22-23-35-31(24-28)29-16-7-9-18-34(29)43(35)36-19-11-21-38-39(36)30-17-8-10-20-37(30)44-38/h1-31H;3-25H,1-2H3;1-25H. The van der Waals surface area contributed by atoms with Gasteiger partial charge in [-0.15, -0.1) is 0 Å². The fraction of sp³-hybridized carbons (Fsp3) is 0.0149. The zero-order valence-corrected chi connectivity index (χ0v) is 81.1. The van der Waals surface area contributed by atoms with E-state index in [1.54, 1.807) is 14.2 Å². The van der Waals surface area contributed by atoms with Gasteiger partial charge in [-0.3, -0.25) is 9.13 Å². The average molecular weight is 1930 g/mol. The minimum Gasteiger partial charge on any atom is -0.497 e. The summed E-state index contributed by atoms with van der Waals surface area (Å²) >= 11 is 0. The third-order valence-electron chi connectivity index (χ3n) is 29.3. The van der Waals surface area contributed by atoms with Crippen molar-refractivity contribution in [2.45, 2.75) is 0 Å². The monoisotopic (exact) mass is 1930 g/mol. The first kappa shape index (κ1) is 86.3. The van der Waals surface area contributed by atoms with Crippen molar-refractivity contribution >= 4 is 175 Å². The van der Waals surface area contributed by atoms with Crippen LogP contribution in [0.4, 0.5) is 0 Å². The summed E-state index contributed by atoms with van der Waals surface area (Å²) in [7, 11) is 3.34. The fourth-order valence-corrected chi connectivity index (χ4v) is 22.5. The van der Waals surface area contributed by atoms with Gasteiger partial charge in [0, 0.05) is 115 Å². The topological polar surface area (TPSA) is 160 Å². The molecule has 20 aromatic carbocycles. The van der Waals surface area contributed by atoms with Gasteiger partial charge in [-0.2, -0.15) is 0 Å². The quantitative estimate of drug-likeness (QED) is 0.102. The second-order valence-electron chi connectivity index (χ2n) is 37.8. The van der Waals surface area contributed by atoms with Crippen LogP contribution in [0.3, 0.4) is 0 Å². The first-order valence-electron chi connectivity index (χ1n) is 50.2. The summed E-state index contributed by atoms with van der Waals surface area (Å²) in [5, 5.41) is 18.3. The number of furan rings is 3. The van der Waals surface area contributed by atoms with Gasteiger partial charge >= 0.3 is 0 Å². The highest BCUT2D eigenvalue weighted by atomic mass is 16.5. The molecule has 0 unspecified atom stereocenters. The van der Waals surface area contributed by atoms with Crippen LogP contribution >= 0.6 is 0 Å². The fourth-order valence-electron chi connectivity index (χ4n) is 22.5. The summed E-state index contributed by atoms with van der Waals surface area (Å²) < 4.78 is 41.3. The average Bonchev–Trinajstić information content (AvgIpc) is 1.57. The van der Waals surface area contributed by atoms with E-state index in [-0.39, 0.29) is 0 Å². The Labute approximate surface area is 857 Å². The molecule has 0 bridgehead atoms. The van der Waals surface area contributed by atoms with Crippen molar-refractivity contribution in [2.24, 2.45) is 0 Å². The molecule has 0 saturated carbocycles. The molecular formula is C134H85N11O5. The lowest BCUT2D eigenvalue weighted by Gasteiger charge is -2.14. The van der Waals surface area contributed by atoms with E-state index in [0.29, 0.717) is 17.5 Å². The molecule has 0 amide bonds. The van der Waals surface area contributed by atoms with Gasteiger partial charge < -0.3 is 36.4 Å². The Hall–Kier alpha value is -20.4. The minimum absolute atomic E-state index is 0.649. The number of aromatic nitrogens is 11. The second-order valence-corrected chi connectivity index (χ2v) is 37.8. The van der Waals surface area contributed by atoms with E-state index in [1.165, 1.54) is 26.9 Å². The molecule has 31 rings (SSSR count). The molecule has 706 valence electrons. The molecule has 0 aliphatic heterocycles. The van der Waals surface area contributed by atoms with Gasteiger partial charge in [0.05, 0.1) is 125 Å². The van der Waals surface area contributed by atoms with Crippen molar-refractivity contribution in [3.8, 4) is 119 Å². The highest BCUT2D eigenvalue weighted by Gasteiger charge is 2.28. The SMILES string of the molecule is COc1ccc(-c2cc(-c3ccc(OC)cc3)nc(-c3ccc4c(c3)c3ccccc3n4-c3cccc4oc5ccccc5c34)n2)cc1.c1ccc(-c2cc(-c3ccccc3)nc(-c3ccc4c(c3)c3ccccc3n4-c3cccc4oc5ccccc5c34)n2)cc1.c1ccc2c(c1)oc1cccc(-n3c4ccccc4c4cc(-c5nc(-n6c7ccccc7c7ccccc76)cc(-n6c7ccccc7c7ccccc76)n5)ccc43)c12. The van der Waals surface area contributed by atoms with Crippen LogP contribution in [0.25, 0.3) is 283 Å². The van der Waals surface area contributed by atoms with Crippen LogP contribution in [0, 0.1) is 0 Å². The van der Waals surface area contributed by atoms with Gasteiger partial charge in [0.2, 0.25) is 0 Å². The van der Waals surface area contributed by atoms with Crippen LogP contribution in [-0.4, -0.2) is 67.0 Å². The Bertz CT molecular complexity index is 10500. The number of ether oxygens (including phenoxy) is 2. The third kappa shape index (κ3) is 14.3. The lowest BCUT2D eigenvalue weighted by atomic mass is 10.1. The highest BCUT2D eigenvalue weighted by Crippen LogP contribution is 2.48. The highest BCUT2D eigenvalue weighted by molar-refractivity contribution is 6.20. The molecule has 0 atom stereocenters. The minimum atomic E-state index is 0.649. The molecule has 0 saturated heterocycles. The Balaban J connectivity index is 0.000000107. The molecule has 0 fully saturated rings. The molecule has 0 spiro atoms. The number of benzene rings is 20. The maximum atomic E-state index is 6.35. The molecule has 16 nitrogen and oxygen atoms in total. The summed E-state index contributed by atoms with van der Waals surface area (Å²) in [6.45, 7) is 0. The van der Waals surface area contributed by atoms with Crippen molar-refractivity contribution in [2.75, 3.05) is 14.2 Å². The number of methoxy groups -OCH3 is 2. The first-order valence-corrected chi connectivity index (χ1v) is 50.2. The zero-order chi connectivity index (χ0) is 99.1. The predicted molar refractivity (Wildman–Crippen MR) is 611 cm³/mol. The van der Waals surface area contributed by atoms with Gasteiger partial charge in [0.1, 0.15) is 56.6 Å². The van der Waals surface area contributed by atoms with E-state index >= 15 is 0 Å². The number of hydrogen-bond donors (Lipinski definition) is 0. The molecule has 31 aromatic rings. The van der Waals surface area contributed by atoms with E-state index in [4.69, 9.17) is 52.6 Å².